The maximum atomic E-state index is 13.0. The van der Waals surface area contributed by atoms with Crippen molar-refractivity contribution in [3.05, 3.63) is 47.5 Å². The molecule has 2 aromatic carbocycles. The van der Waals surface area contributed by atoms with Crippen LogP contribution in [-0.4, -0.2) is 31.6 Å². The number of anilines is 1. The summed E-state index contributed by atoms with van der Waals surface area (Å²) >= 11 is 0. The van der Waals surface area contributed by atoms with Gasteiger partial charge in [-0.3, -0.25) is 4.90 Å². The van der Waals surface area contributed by atoms with Gasteiger partial charge in [-0.15, -0.1) is 0 Å². The summed E-state index contributed by atoms with van der Waals surface area (Å²) in [5, 5.41) is 3.01. The molecule has 0 unspecified atom stereocenters. The van der Waals surface area contributed by atoms with Gasteiger partial charge in [0.1, 0.15) is 5.75 Å². The fourth-order valence-electron chi connectivity index (χ4n) is 4.03. The van der Waals surface area contributed by atoms with Crippen LogP contribution in [0.3, 0.4) is 0 Å². The molecule has 0 aromatic heterocycles. The normalized spacial score (nSPS) is 24.1. The Morgan fingerprint density at radius 1 is 1.18 bits per heavy atom. The van der Waals surface area contributed by atoms with Crippen molar-refractivity contribution in [1.82, 2.24) is 5.32 Å². The van der Waals surface area contributed by atoms with Crippen molar-refractivity contribution >= 4 is 17.7 Å². The number of urea groups is 1. The fraction of sp³-hybridized carbons (Fsp3) is 0.300. The second-order valence-corrected chi connectivity index (χ2v) is 7.10. The van der Waals surface area contributed by atoms with Crippen LogP contribution in [0.25, 0.3) is 0 Å². The average molecular weight is 382 g/mol. The van der Waals surface area contributed by atoms with Gasteiger partial charge in [0.25, 0.3) is 0 Å². The lowest BCUT2D eigenvalue weighted by atomic mass is 9.89. The minimum absolute atomic E-state index is 0.163. The van der Waals surface area contributed by atoms with Crippen molar-refractivity contribution in [3.63, 3.8) is 0 Å². The van der Waals surface area contributed by atoms with E-state index in [0.717, 1.165) is 5.56 Å². The number of carbonyl (C=O) groups excluding carboxylic acids is 2. The monoisotopic (exact) mass is 382 g/mol. The highest BCUT2D eigenvalue weighted by atomic mass is 16.7. The molecule has 1 saturated heterocycles. The molecule has 0 radical (unpaired) electrons. The van der Waals surface area contributed by atoms with Crippen LogP contribution in [0.4, 0.5) is 10.5 Å². The smallest absolute Gasteiger partial charge is 0.337 e. The zero-order valence-electron chi connectivity index (χ0n) is 15.4. The number of ether oxygens (including phenoxy) is 4. The van der Waals surface area contributed by atoms with Gasteiger partial charge in [0.05, 0.1) is 24.4 Å². The number of fused-ring (bicyclic) bond motifs is 5. The van der Waals surface area contributed by atoms with Crippen molar-refractivity contribution in [2.45, 2.75) is 25.1 Å². The van der Waals surface area contributed by atoms with E-state index in [1.54, 1.807) is 41.3 Å². The number of amides is 2. The molecule has 28 heavy (non-hydrogen) atoms. The molecule has 2 amide bonds. The van der Waals surface area contributed by atoms with E-state index < -0.39 is 11.7 Å². The molecule has 5 rings (SSSR count). The molecule has 0 aliphatic carbocycles. The van der Waals surface area contributed by atoms with E-state index in [9.17, 15) is 9.59 Å². The highest BCUT2D eigenvalue weighted by Gasteiger charge is 2.50. The largest absolute Gasteiger partial charge is 0.467 e. The maximum Gasteiger partial charge on any atom is 0.337 e. The molecule has 2 bridgehead atoms. The Kier molecular flexibility index (Phi) is 3.46. The van der Waals surface area contributed by atoms with Crippen molar-refractivity contribution in [2.24, 2.45) is 0 Å². The molecule has 1 fully saturated rings. The van der Waals surface area contributed by atoms with Crippen LogP contribution in [-0.2, 0) is 4.74 Å². The van der Waals surface area contributed by atoms with E-state index in [2.05, 4.69) is 5.32 Å². The first-order valence-corrected chi connectivity index (χ1v) is 8.90. The zero-order valence-corrected chi connectivity index (χ0v) is 15.4. The second-order valence-electron chi connectivity index (χ2n) is 7.10. The number of nitrogens with one attached hydrogen (secondary N) is 1. The van der Waals surface area contributed by atoms with Crippen LogP contribution in [0.2, 0.25) is 0 Å². The summed E-state index contributed by atoms with van der Waals surface area (Å²) in [6, 6.07) is 9.90. The van der Waals surface area contributed by atoms with Gasteiger partial charge in [-0.1, -0.05) is 0 Å². The maximum absolute atomic E-state index is 13.0. The molecule has 8 nitrogen and oxygen atoms in total. The molecule has 3 heterocycles. The summed E-state index contributed by atoms with van der Waals surface area (Å²) in [4.78, 5) is 26.4. The standard InChI is InChI=1S/C20H18N2O6/c1-20-9-14(13-7-11(18(23)25-2)3-5-15(13)28-20)21-19(24)22(20)12-4-6-16-17(8-12)27-10-26-16/h3-8,14H,9-10H2,1-2H3,(H,21,24)/t14-,20-/m1/s1. The third-order valence-corrected chi connectivity index (χ3v) is 5.31. The Morgan fingerprint density at radius 2 is 1.96 bits per heavy atom. The van der Waals surface area contributed by atoms with E-state index in [1.165, 1.54) is 7.11 Å². The van der Waals surface area contributed by atoms with Gasteiger partial charge in [0.15, 0.2) is 17.2 Å². The van der Waals surface area contributed by atoms with E-state index in [1.807, 2.05) is 6.92 Å². The number of methoxy groups -OCH3 is 1. The molecule has 3 aliphatic rings. The SMILES string of the molecule is COC(=O)c1ccc2c(c1)[C@H]1C[C@@](C)(O2)N(c2ccc3c(c2)OCO3)C(=O)N1. The van der Waals surface area contributed by atoms with Gasteiger partial charge < -0.3 is 24.3 Å². The van der Waals surface area contributed by atoms with Crippen LogP contribution in [0, 0.1) is 0 Å². The predicted octanol–water partition coefficient (Wildman–Crippen LogP) is 2.97. The van der Waals surface area contributed by atoms with Crippen molar-refractivity contribution < 1.29 is 28.5 Å². The lowest BCUT2D eigenvalue weighted by Gasteiger charge is -2.50. The molecule has 144 valence electrons. The molecule has 0 spiro atoms. The van der Waals surface area contributed by atoms with Gasteiger partial charge in [-0.25, -0.2) is 9.59 Å². The Hall–Kier alpha value is -3.42. The summed E-state index contributed by atoms with van der Waals surface area (Å²) < 4.78 is 21.8. The van der Waals surface area contributed by atoms with Crippen LogP contribution in [0.15, 0.2) is 36.4 Å². The number of esters is 1. The number of hydrogen-bond acceptors (Lipinski definition) is 6. The zero-order chi connectivity index (χ0) is 19.5. The first-order chi connectivity index (χ1) is 13.5. The predicted molar refractivity (Wildman–Crippen MR) is 97.7 cm³/mol. The molecule has 1 N–H and O–H groups in total. The van der Waals surface area contributed by atoms with Gasteiger partial charge in [0, 0.05) is 18.1 Å². The minimum atomic E-state index is -0.888. The molecular weight excluding hydrogens is 364 g/mol. The summed E-state index contributed by atoms with van der Waals surface area (Å²) in [5.74, 6) is 1.43. The van der Waals surface area contributed by atoms with Gasteiger partial charge in [-0.05, 0) is 37.3 Å². The molecule has 0 saturated carbocycles. The number of nitrogens with zero attached hydrogens (tertiary/aromatic N) is 1. The summed E-state index contributed by atoms with van der Waals surface area (Å²) in [6.45, 7) is 2.04. The number of benzene rings is 2. The molecule has 8 heteroatoms. The van der Waals surface area contributed by atoms with E-state index >= 15 is 0 Å². The van der Waals surface area contributed by atoms with Crippen LogP contribution >= 0.6 is 0 Å². The van der Waals surface area contributed by atoms with Gasteiger partial charge in [-0.2, -0.15) is 0 Å². The minimum Gasteiger partial charge on any atom is -0.467 e. The van der Waals surface area contributed by atoms with Crippen molar-refractivity contribution in [3.8, 4) is 17.2 Å². The first-order valence-electron chi connectivity index (χ1n) is 8.90. The summed E-state index contributed by atoms with van der Waals surface area (Å²) in [7, 11) is 1.33. The number of carbonyl (C=O) groups is 2. The van der Waals surface area contributed by atoms with Gasteiger partial charge in [0.2, 0.25) is 6.79 Å². The van der Waals surface area contributed by atoms with Crippen LogP contribution < -0.4 is 24.4 Å². The first kappa shape index (κ1) is 16.7. The lowest BCUT2D eigenvalue weighted by Crippen LogP contribution is -2.65. The van der Waals surface area contributed by atoms with Crippen LogP contribution in [0.1, 0.15) is 35.3 Å². The Bertz CT molecular complexity index is 1010. The number of rotatable bonds is 2. The van der Waals surface area contributed by atoms with Gasteiger partial charge >= 0.3 is 12.0 Å². The third-order valence-electron chi connectivity index (χ3n) is 5.31. The molecule has 3 aliphatic heterocycles. The highest BCUT2D eigenvalue weighted by molar-refractivity contribution is 5.95. The topological polar surface area (TPSA) is 86.3 Å². The lowest BCUT2D eigenvalue weighted by molar-refractivity contribution is 0.0377. The summed E-state index contributed by atoms with van der Waals surface area (Å²) in [6.07, 6.45) is 0.519. The fourth-order valence-corrected chi connectivity index (χ4v) is 4.03. The molecular formula is C20H18N2O6. The molecule has 2 atom stereocenters. The molecule has 2 aromatic rings. The van der Waals surface area contributed by atoms with E-state index in [4.69, 9.17) is 18.9 Å². The third kappa shape index (κ3) is 2.37. The van der Waals surface area contributed by atoms with Crippen LogP contribution in [0.5, 0.6) is 17.2 Å². The Morgan fingerprint density at radius 3 is 2.79 bits per heavy atom. The van der Waals surface area contributed by atoms with Crippen molar-refractivity contribution in [2.75, 3.05) is 18.8 Å². The van der Waals surface area contributed by atoms with E-state index in [-0.39, 0.29) is 18.9 Å². The average Bonchev–Trinajstić information content (AvgIpc) is 3.14. The second kappa shape index (κ2) is 5.79. The highest BCUT2D eigenvalue weighted by Crippen LogP contribution is 2.47. The Balaban J connectivity index is 1.54. The quantitative estimate of drug-likeness (QED) is 0.804. The van der Waals surface area contributed by atoms with E-state index in [0.29, 0.717) is 34.9 Å². The van der Waals surface area contributed by atoms with Crippen molar-refractivity contribution in [1.29, 1.82) is 0 Å². The summed E-state index contributed by atoms with van der Waals surface area (Å²) in [5.41, 5.74) is 0.942. The number of hydrogen-bond donors (Lipinski definition) is 1. The Labute approximate surface area is 160 Å².